The van der Waals surface area contributed by atoms with Crippen LogP contribution in [0.4, 0.5) is 0 Å². The fourth-order valence-corrected chi connectivity index (χ4v) is 4.40. The number of thiocarbonyl (C=S) groups is 1. The summed E-state index contributed by atoms with van der Waals surface area (Å²) in [7, 11) is 0. The van der Waals surface area contributed by atoms with Crippen LogP contribution >= 0.6 is 12.2 Å². The Morgan fingerprint density at radius 2 is 2.07 bits per heavy atom. The Hall–Kier alpha value is -2.60. The molecule has 5 nitrogen and oxygen atoms in total. The standard InChI is InChI=1S/C21H24N4OS/c1-4-24-14(2)12-17(15(24)3)20-19(18-9-5-6-10-22-18)23-21(27)25(20)13-16-8-7-11-26-16/h5-12,19-20H,4,13H2,1-3H3,(H,23,27)/t19-,20-/m0/s1. The van der Waals surface area contributed by atoms with Gasteiger partial charge < -0.3 is 19.2 Å². The van der Waals surface area contributed by atoms with Crippen molar-refractivity contribution in [2.24, 2.45) is 0 Å². The van der Waals surface area contributed by atoms with E-state index in [1.165, 1.54) is 17.0 Å². The molecule has 0 spiro atoms. The van der Waals surface area contributed by atoms with Gasteiger partial charge in [-0.15, -0.1) is 0 Å². The predicted molar refractivity (Wildman–Crippen MR) is 109 cm³/mol. The Labute approximate surface area is 165 Å². The summed E-state index contributed by atoms with van der Waals surface area (Å²) in [5, 5.41) is 4.23. The van der Waals surface area contributed by atoms with E-state index in [4.69, 9.17) is 16.6 Å². The van der Waals surface area contributed by atoms with Gasteiger partial charge in [-0.05, 0) is 68.9 Å². The molecule has 1 aliphatic rings. The summed E-state index contributed by atoms with van der Waals surface area (Å²) in [6.07, 6.45) is 3.54. The van der Waals surface area contributed by atoms with Crippen molar-refractivity contribution in [2.45, 2.75) is 45.9 Å². The highest BCUT2D eigenvalue weighted by Gasteiger charge is 2.41. The lowest BCUT2D eigenvalue weighted by molar-refractivity contribution is 0.286. The van der Waals surface area contributed by atoms with Crippen LogP contribution in [0.1, 0.15) is 47.4 Å². The van der Waals surface area contributed by atoms with Crippen molar-refractivity contribution in [3.8, 4) is 0 Å². The summed E-state index contributed by atoms with van der Waals surface area (Å²) >= 11 is 5.72. The first-order chi connectivity index (χ1) is 13.1. The Morgan fingerprint density at radius 3 is 2.70 bits per heavy atom. The van der Waals surface area contributed by atoms with Crippen molar-refractivity contribution < 1.29 is 4.42 Å². The number of furan rings is 1. The number of aromatic nitrogens is 2. The maximum absolute atomic E-state index is 5.72. The molecule has 1 N–H and O–H groups in total. The second-order valence-electron chi connectivity index (χ2n) is 6.90. The molecule has 140 valence electrons. The van der Waals surface area contributed by atoms with Gasteiger partial charge in [0.25, 0.3) is 0 Å². The quantitative estimate of drug-likeness (QED) is 0.669. The zero-order valence-electron chi connectivity index (χ0n) is 15.8. The zero-order valence-corrected chi connectivity index (χ0v) is 16.7. The van der Waals surface area contributed by atoms with E-state index in [1.54, 1.807) is 6.26 Å². The first-order valence-electron chi connectivity index (χ1n) is 9.27. The first-order valence-corrected chi connectivity index (χ1v) is 9.68. The van der Waals surface area contributed by atoms with E-state index >= 15 is 0 Å². The zero-order chi connectivity index (χ0) is 19.0. The van der Waals surface area contributed by atoms with Gasteiger partial charge in [0.05, 0.1) is 30.6 Å². The van der Waals surface area contributed by atoms with E-state index in [2.05, 4.69) is 52.7 Å². The number of hydrogen-bond donors (Lipinski definition) is 1. The highest BCUT2D eigenvalue weighted by molar-refractivity contribution is 7.80. The molecule has 1 aliphatic heterocycles. The van der Waals surface area contributed by atoms with Crippen LogP contribution in [-0.2, 0) is 13.1 Å². The summed E-state index contributed by atoms with van der Waals surface area (Å²) in [6, 6.07) is 12.3. The number of nitrogens with zero attached hydrogens (tertiary/aromatic N) is 3. The van der Waals surface area contributed by atoms with Crippen LogP contribution in [0.3, 0.4) is 0 Å². The highest BCUT2D eigenvalue weighted by Crippen LogP contribution is 2.41. The average Bonchev–Trinajstić information content (AvgIpc) is 3.36. The highest BCUT2D eigenvalue weighted by atomic mass is 32.1. The lowest BCUT2D eigenvalue weighted by Gasteiger charge is -2.27. The van der Waals surface area contributed by atoms with E-state index in [9.17, 15) is 0 Å². The van der Waals surface area contributed by atoms with Crippen LogP contribution in [0.2, 0.25) is 0 Å². The lowest BCUT2D eigenvalue weighted by atomic mass is 9.96. The van der Waals surface area contributed by atoms with E-state index in [1.807, 2.05) is 30.5 Å². The van der Waals surface area contributed by atoms with Crippen molar-refractivity contribution >= 4 is 17.3 Å². The Bertz CT molecular complexity index is 933. The topological polar surface area (TPSA) is 46.2 Å². The van der Waals surface area contributed by atoms with Crippen LogP contribution in [-0.4, -0.2) is 19.6 Å². The second kappa shape index (κ2) is 7.19. The van der Waals surface area contributed by atoms with Gasteiger partial charge in [0.2, 0.25) is 0 Å². The van der Waals surface area contributed by atoms with Gasteiger partial charge in [-0.1, -0.05) is 6.07 Å². The van der Waals surface area contributed by atoms with Gasteiger partial charge in [-0.2, -0.15) is 0 Å². The molecule has 0 bridgehead atoms. The van der Waals surface area contributed by atoms with Gasteiger partial charge in [-0.3, -0.25) is 4.98 Å². The molecule has 0 radical (unpaired) electrons. The largest absolute Gasteiger partial charge is 0.467 e. The Kier molecular flexibility index (Phi) is 4.74. The third-order valence-corrected chi connectivity index (χ3v) is 5.70. The van der Waals surface area contributed by atoms with E-state index < -0.39 is 0 Å². The van der Waals surface area contributed by atoms with Gasteiger partial charge >= 0.3 is 0 Å². The molecule has 1 fully saturated rings. The minimum Gasteiger partial charge on any atom is -0.467 e. The molecule has 0 saturated carbocycles. The van der Waals surface area contributed by atoms with Crippen LogP contribution in [0.5, 0.6) is 0 Å². The molecule has 3 aromatic heterocycles. The third-order valence-electron chi connectivity index (χ3n) is 5.35. The number of rotatable bonds is 5. The molecule has 2 atom stereocenters. The minimum absolute atomic E-state index is 0.000492. The number of nitrogens with one attached hydrogen (secondary N) is 1. The molecule has 3 aromatic rings. The number of aryl methyl sites for hydroxylation is 1. The lowest BCUT2D eigenvalue weighted by Crippen LogP contribution is -2.29. The summed E-state index contributed by atoms with van der Waals surface area (Å²) in [6.45, 7) is 8.11. The van der Waals surface area contributed by atoms with Crippen molar-refractivity contribution in [1.82, 2.24) is 19.8 Å². The molecule has 4 rings (SSSR count). The Balaban J connectivity index is 1.80. The maximum atomic E-state index is 5.72. The van der Waals surface area contributed by atoms with Gasteiger partial charge in [-0.25, -0.2) is 0 Å². The maximum Gasteiger partial charge on any atom is 0.170 e. The SMILES string of the molecule is CCn1c(C)cc([C@H]2[C@H](c3ccccn3)NC(=S)N2Cc2ccco2)c1C. The summed E-state index contributed by atoms with van der Waals surface area (Å²) in [5.74, 6) is 0.898. The molecular formula is C21H24N4OS. The molecule has 1 saturated heterocycles. The van der Waals surface area contributed by atoms with Crippen LogP contribution < -0.4 is 5.32 Å². The summed E-state index contributed by atoms with van der Waals surface area (Å²) in [5.41, 5.74) is 4.81. The number of pyridine rings is 1. The smallest absolute Gasteiger partial charge is 0.170 e. The van der Waals surface area contributed by atoms with Gasteiger partial charge in [0.1, 0.15) is 5.76 Å². The molecule has 0 amide bonds. The summed E-state index contributed by atoms with van der Waals surface area (Å²) in [4.78, 5) is 6.82. The molecule has 0 unspecified atom stereocenters. The molecule has 6 heteroatoms. The van der Waals surface area contributed by atoms with E-state index in [0.717, 1.165) is 23.1 Å². The monoisotopic (exact) mass is 380 g/mol. The normalized spacial score (nSPS) is 19.5. The van der Waals surface area contributed by atoms with Crippen molar-refractivity contribution in [1.29, 1.82) is 0 Å². The van der Waals surface area contributed by atoms with Crippen molar-refractivity contribution in [3.05, 3.63) is 77.3 Å². The molecule has 0 aromatic carbocycles. The van der Waals surface area contributed by atoms with Crippen LogP contribution in [0.15, 0.2) is 53.3 Å². The fourth-order valence-electron chi connectivity index (χ4n) is 4.10. The number of hydrogen-bond acceptors (Lipinski definition) is 3. The van der Waals surface area contributed by atoms with Gasteiger partial charge in [0, 0.05) is 24.1 Å². The van der Waals surface area contributed by atoms with Crippen LogP contribution in [0.25, 0.3) is 0 Å². The van der Waals surface area contributed by atoms with Crippen molar-refractivity contribution in [3.63, 3.8) is 0 Å². The predicted octanol–water partition coefficient (Wildman–Crippen LogP) is 4.29. The Morgan fingerprint density at radius 1 is 1.22 bits per heavy atom. The van der Waals surface area contributed by atoms with Gasteiger partial charge in [0.15, 0.2) is 5.11 Å². The molecule has 27 heavy (non-hydrogen) atoms. The second-order valence-corrected chi connectivity index (χ2v) is 7.29. The van der Waals surface area contributed by atoms with E-state index in [0.29, 0.717) is 6.54 Å². The average molecular weight is 381 g/mol. The summed E-state index contributed by atoms with van der Waals surface area (Å²) < 4.78 is 7.94. The van der Waals surface area contributed by atoms with Crippen molar-refractivity contribution in [2.75, 3.05) is 0 Å². The molecule has 4 heterocycles. The molecule has 0 aliphatic carbocycles. The molecular weight excluding hydrogens is 356 g/mol. The minimum atomic E-state index is -0.000492. The fraction of sp³-hybridized carbons (Fsp3) is 0.333. The van der Waals surface area contributed by atoms with Crippen LogP contribution in [0, 0.1) is 13.8 Å². The van der Waals surface area contributed by atoms with E-state index in [-0.39, 0.29) is 12.1 Å². The third kappa shape index (κ3) is 3.14. The first kappa shape index (κ1) is 17.8.